The zero-order valence-corrected chi connectivity index (χ0v) is 19.0. The van der Waals surface area contributed by atoms with Gasteiger partial charge in [-0.1, -0.05) is 12.1 Å². The normalized spacial score (nSPS) is 16.8. The predicted molar refractivity (Wildman–Crippen MR) is 121 cm³/mol. The molecule has 4 heterocycles. The first-order valence-corrected chi connectivity index (χ1v) is 11.5. The first kappa shape index (κ1) is 22.2. The number of nitrogens with zero attached hydrogens (tertiary/aromatic N) is 7. The van der Waals surface area contributed by atoms with E-state index in [1.54, 1.807) is 29.4 Å². The van der Waals surface area contributed by atoms with E-state index in [4.69, 9.17) is 4.42 Å². The quantitative estimate of drug-likeness (QED) is 0.414. The van der Waals surface area contributed by atoms with Gasteiger partial charge in [0.1, 0.15) is 12.1 Å². The Bertz CT molecular complexity index is 1400. The average Bonchev–Trinajstić information content (AvgIpc) is 3.63. The molecule has 184 valence electrons. The highest BCUT2D eigenvalue weighted by molar-refractivity contribution is 5.78. The molecule has 1 aliphatic carbocycles. The minimum atomic E-state index is -2.48. The smallest absolute Gasteiger partial charge is 0.263 e. The molecule has 0 spiro atoms. The van der Waals surface area contributed by atoms with Crippen LogP contribution < -0.4 is 5.32 Å². The monoisotopic (exact) mass is 493 g/mol. The summed E-state index contributed by atoms with van der Waals surface area (Å²) < 4.78 is 31.6. The van der Waals surface area contributed by atoms with Gasteiger partial charge in [0.05, 0.1) is 17.8 Å². The first-order valence-electron chi connectivity index (χ1n) is 11.5. The summed E-state index contributed by atoms with van der Waals surface area (Å²) in [6.45, 7) is 0.953. The van der Waals surface area contributed by atoms with E-state index in [2.05, 4.69) is 40.9 Å². The summed E-state index contributed by atoms with van der Waals surface area (Å²) in [5, 5.41) is 22.0. The van der Waals surface area contributed by atoms with Gasteiger partial charge in [-0.25, -0.2) is 18.7 Å². The van der Waals surface area contributed by atoms with Gasteiger partial charge in [0, 0.05) is 37.0 Å². The third kappa shape index (κ3) is 4.39. The Morgan fingerprint density at radius 3 is 2.78 bits per heavy atom. The fourth-order valence-corrected chi connectivity index (χ4v) is 4.57. The molecule has 36 heavy (non-hydrogen) atoms. The van der Waals surface area contributed by atoms with Crippen molar-refractivity contribution in [1.82, 2.24) is 40.5 Å². The molecule has 13 heteroatoms. The Morgan fingerprint density at radius 2 is 1.94 bits per heavy atom. The van der Waals surface area contributed by atoms with Crippen molar-refractivity contribution in [3.63, 3.8) is 0 Å². The van der Waals surface area contributed by atoms with Crippen LogP contribution >= 0.6 is 0 Å². The lowest BCUT2D eigenvalue weighted by atomic mass is 10.1. The summed E-state index contributed by atoms with van der Waals surface area (Å²) in [5.74, 6) is 0.704. The van der Waals surface area contributed by atoms with Gasteiger partial charge in [0.25, 0.3) is 12.3 Å². The van der Waals surface area contributed by atoms with Crippen LogP contribution in [0.15, 0.2) is 35.0 Å². The van der Waals surface area contributed by atoms with Crippen molar-refractivity contribution < 1.29 is 18.0 Å². The number of aromatic amines is 1. The lowest BCUT2D eigenvalue weighted by Gasteiger charge is -2.24. The second kappa shape index (κ2) is 9.06. The van der Waals surface area contributed by atoms with E-state index in [-0.39, 0.29) is 35.7 Å². The maximum atomic E-state index is 13.0. The van der Waals surface area contributed by atoms with Crippen LogP contribution in [0, 0.1) is 0 Å². The summed E-state index contributed by atoms with van der Waals surface area (Å²) in [5.41, 5.74) is 4.18. The second-order valence-electron chi connectivity index (χ2n) is 8.83. The van der Waals surface area contributed by atoms with E-state index >= 15 is 0 Å². The van der Waals surface area contributed by atoms with Crippen LogP contribution in [0.2, 0.25) is 0 Å². The molecule has 4 aromatic rings. The number of halogens is 2. The number of hydrogen-bond donors (Lipinski definition) is 2. The number of alkyl halides is 2. The van der Waals surface area contributed by atoms with Gasteiger partial charge in [0.2, 0.25) is 17.7 Å². The summed E-state index contributed by atoms with van der Waals surface area (Å²) in [6.07, 6.45) is 2.60. The van der Waals surface area contributed by atoms with Gasteiger partial charge >= 0.3 is 0 Å². The van der Waals surface area contributed by atoms with Crippen molar-refractivity contribution >= 4 is 11.9 Å². The third-order valence-electron chi connectivity index (χ3n) is 6.43. The largest absolute Gasteiger partial charge is 0.420 e. The Labute approximate surface area is 203 Å². The summed E-state index contributed by atoms with van der Waals surface area (Å²) in [6, 6.07) is 4.82. The fourth-order valence-electron chi connectivity index (χ4n) is 4.57. The molecule has 0 radical (unpaired) electrons. The molecule has 0 saturated heterocycles. The number of carbonyl (C=O) groups is 1. The molecule has 2 N–H and O–H groups in total. The number of carbonyl (C=O) groups excluding carboxylic acids is 1. The lowest BCUT2D eigenvalue weighted by Crippen LogP contribution is -2.37. The Kier molecular flexibility index (Phi) is 5.58. The number of amides is 1. The van der Waals surface area contributed by atoms with E-state index in [0.29, 0.717) is 43.9 Å². The van der Waals surface area contributed by atoms with E-state index in [9.17, 15) is 13.6 Å². The van der Waals surface area contributed by atoms with Gasteiger partial charge < -0.3 is 14.6 Å². The average molecular weight is 493 g/mol. The molecular weight excluding hydrogens is 472 g/mol. The second-order valence-corrected chi connectivity index (χ2v) is 8.83. The van der Waals surface area contributed by atoms with Gasteiger partial charge in [-0.15, -0.1) is 10.2 Å². The molecule has 2 aliphatic rings. The van der Waals surface area contributed by atoms with Crippen LogP contribution in [0.25, 0.3) is 11.5 Å². The highest BCUT2D eigenvalue weighted by Gasteiger charge is 2.26. The van der Waals surface area contributed by atoms with Crippen molar-refractivity contribution in [2.24, 2.45) is 0 Å². The van der Waals surface area contributed by atoms with Crippen molar-refractivity contribution in [1.29, 1.82) is 0 Å². The topological polar surface area (TPSA) is 139 Å². The van der Waals surface area contributed by atoms with E-state index in [0.717, 1.165) is 22.5 Å². The van der Waals surface area contributed by atoms with E-state index in [1.807, 2.05) is 0 Å². The SMILES string of the molecule is O=C(Cc1nnc(-c2cnc(NC3Cc4ccc(C(F)F)cc4C3)nc2)o1)N1CCc2n[nH]nc2C1. The van der Waals surface area contributed by atoms with Gasteiger partial charge in [0.15, 0.2) is 0 Å². The van der Waals surface area contributed by atoms with Gasteiger partial charge in [-0.2, -0.15) is 15.4 Å². The standard InChI is InChI=1S/C23H21F2N9O2/c24-21(25)13-2-1-12-6-16(7-14(12)5-13)28-23-26-9-15(10-27-23)22-32-31-19(36-22)8-20(35)34-4-3-17-18(11-34)30-33-29-17/h1-2,5,9-10,16,21H,3-4,6-8,11H2,(H,26,27,28)(H,29,30,33). The Balaban J connectivity index is 1.06. The number of nitrogens with one attached hydrogen (secondary N) is 2. The number of fused-ring (bicyclic) bond motifs is 2. The predicted octanol–water partition coefficient (Wildman–Crippen LogP) is 2.29. The lowest BCUT2D eigenvalue weighted by molar-refractivity contribution is -0.131. The van der Waals surface area contributed by atoms with Gasteiger partial charge in [-0.05, 0) is 30.0 Å². The van der Waals surface area contributed by atoms with Crippen molar-refractivity contribution in [2.45, 2.75) is 44.7 Å². The summed E-state index contributed by atoms with van der Waals surface area (Å²) in [7, 11) is 0. The molecule has 1 amide bonds. The number of H-pyrrole nitrogens is 1. The number of rotatable bonds is 6. The van der Waals surface area contributed by atoms with Gasteiger partial charge in [-0.3, -0.25) is 4.79 Å². The van der Waals surface area contributed by atoms with Crippen LogP contribution in [0.5, 0.6) is 0 Å². The van der Waals surface area contributed by atoms with Crippen molar-refractivity contribution in [3.8, 4) is 11.5 Å². The summed E-state index contributed by atoms with van der Waals surface area (Å²) in [4.78, 5) is 23.0. The molecule has 6 rings (SSSR count). The molecule has 0 fully saturated rings. The maximum absolute atomic E-state index is 13.0. The highest BCUT2D eigenvalue weighted by atomic mass is 19.3. The molecule has 0 saturated carbocycles. The molecule has 3 aromatic heterocycles. The minimum absolute atomic E-state index is 0.0166. The molecule has 11 nitrogen and oxygen atoms in total. The summed E-state index contributed by atoms with van der Waals surface area (Å²) >= 11 is 0. The maximum Gasteiger partial charge on any atom is 0.263 e. The van der Waals surface area contributed by atoms with Crippen LogP contribution in [0.1, 0.15) is 40.4 Å². The zero-order chi connectivity index (χ0) is 24.6. The van der Waals surface area contributed by atoms with Crippen LogP contribution in [0.3, 0.4) is 0 Å². The highest BCUT2D eigenvalue weighted by Crippen LogP contribution is 2.29. The molecule has 0 bridgehead atoms. The van der Waals surface area contributed by atoms with Crippen molar-refractivity contribution in [3.05, 3.63) is 64.6 Å². The van der Waals surface area contributed by atoms with Crippen LogP contribution in [-0.4, -0.2) is 59.0 Å². The first-order chi connectivity index (χ1) is 17.5. The Hall–Kier alpha value is -4.29. The van der Waals surface area contributed by atoms with Crippen LogP contribution in [-0.2, 0) is 37.0 Å². The van der Waals surface area contributed by atoms with E-state index < -0.39 is 6.43 Å². The minimum Gasteiger partial charge on any atom is -0.420 e. The molecule has 1 aromatic carbocycles. The van der Waals surface area contributed by atoms with Crippen molar-refractivity contribution in [2.75, 3.05) is 11.9 Å². The number of benzene rings is 1. The molecule has 1 atom stereocenters. The fraction of sp³-hybridized carbons (Fsp3) is 0.348. The number of anilines is 1. The molecule has 1 unspecified atom stereocenters. The van der Waals surface area contributed by atoms with Crippen LogP contribution in [0.4, 0.5) is 14.7 Å². The molecular formula is C23H21F2N9O2. The molecule has 1 aliphatic heterocycles. The Morgan fingerprint density at radius 1 is 1.14 bits per heavy atom. The number of hydrogen-bond acceptors (Lipinski definition) is 9. The number of aromatic nitrogens is 7. The van der Waals surface area contributed by atoms with E-state index in [1.165, 1.54) is 6.07 Å². The third-order valence-corrected chi connectivity index (χ3v) is 6.43. The zero-order valence-electron chi connectivity index (χ0n) is 19.0.